The Labute approximate surface area is 232 Å². The van der Waals surface area contributed by atoms with E-state index in [0.29, 0.717) is 37.1 Å². The van der Waals surface area contributed by atoms with Crippen LogP contribution >= 0.6 is 38.9 Å². The van der Waals surface area contributed by atoms with Crippen LogP contribution in [0.1, 0.15) is 38.8 Å². The summed E-state index contributed by atoms with van der Waals surface area (Å²) in [6.45, 7) is 5.84. The summed E-state index contributed by atoms with van der Waals surface area (Å²) < 4.78 is 17.1. The molecule has 0 aliphatic carbocycles. The molecular formula is C27H24BrClN2O5S. The number of halogens is 2. The molecule has 1 heterocycles. The molecule has 0 fully saturated rings. The Balaban J connectivity index is 1.85. The van der Waals surface area contributed by atoms with Gasteiger partial charge in [0, 0.05) is 9.90 Å². The summed E-state index contributed by atoms with van der Waals surface area (Å²) >= 11 is 10.7. The number of benzene rings is 2. The number of hydrogen-bond donors (Lipinski definition) is 1. The number of carbonyl (C=O) groups excluding carboxylic acids is 2. The number of amides is 1. The molecule has 0 radical (unpaired) electrons. The third kappa shape index (κ3) is 6.92. The normalized spacial score (nSPS) is 11.0. The van der Waals surface area contributed by atoms with E-state index in [1.807, 2.05) is 25.1 Å². The van der Waals surface area contributed by atoms with Crippen LogP contribution in [-0.2, 0) is 16.1 Å². The number of nitriles is 1. The second-order valence-corrected chi connectivity index (χ2v) is 10.3. The minimum absolute atomic E-state index is 0.151. The van der Waals surface area contributed by atoms with Gasteiger partial charge < -0.3 is 19.5 Å². The lowest BCUT2D eigenvalue weighted by Gasteiger charge is -2.14. The fourth-order valence-corrected chi connectivity index (χ4v) is 5.09. The average Bonchev–Trinajstić information content (AvgIpc) is 3.15. The molecule has 0 spiro atoms. The van der Waals surface area contributed by atoms with Gasteiger partial charge in [0.15, 0.2) is 11.5 Å². The zero-order chi connectivity index (χ0) is 27.1. The summed E-state index contributed by atoms with van der Waals surface area (Å²) in [7, 11) is 1.50. The largest absolute Gasteiger partial charge is 0.493 e. The summed E-state index contributed by atoms with van der Waals surface area (Å²) in [5, 5.41) is 13.4. The predicted octanol–water partition coefficient (Wildman–Crippen LogP) is 7.09. The Hall–Kier alpha value is -3.32. The van der Waals surface area contributed by atoms with Crippen LogP contribution in [0.3, 0.4) is 0 Å². The highest BCUT2D eigenvalue weighted by atomic mass is 79.9. The van der Waals surface area contributed by atoms with Crippen molar-refractivity contribution < 1.29 is 23.8 Å². The van der Waals surface area contributed by atoms with Crippen LogP contribution in [0.2, 0.25) is 5.02 Å². The van der Waals surface area contributed by atoms with E-state index in [2.05, 4.69) is 21.2 Å². The molecule has 192 valence electrons. The third-order valence-corrected chi connectivity index (χ3v) is 7.28. The number of rotatable bonds is 9. The van der Waals surface area contributed by atoms with E-state index < -0.39 is 11.9 Å². The van der Waals surface area contributed by atoms with Crippen LogP contribution in [-0.4, -0.2) is 25.6 Å². The van der Waals surface area contributed by atoms with Crippen LogP contribution < -0.4 is 14.8 Å². The number of nitrogens with zero attached hydrogens (tertiary/aromatic N) is 1. The van der Waals surface area contributed by atoms with E-state index in [1.54, 1.807) is 38.1 Å². The van der Waals surface area contributed by atoms with Crippen LogP contribution in [0.4, 0.5) is 5.00 Å². The molecule has 2 aromatic carbocycles. The molecule has 37 heavy (non-hydrogen) atoms. The molecular weight excluding hydrogens is 580 g/mol. The van der Waals surface area contributed by atoms with Crippen molar-refractivity contribution in [2.45, 2.75) is 27.4 Å². The Bertz CT molecular complexity index is 1390. The number of thiophene rings is 1. The number of carbonyl (C=O) groups is 2. The first-order valence-electron chi connectivity index (χ1n) is 11.1. The quantitative estimate of drug-likeness (QED) is 0.159. The smallest absolute Gasteiger partial charge is 0.341 e. The fraction of sp³-hybridized carbons (Fsp3) is 0.222. The van der Waals surface area contributed by atoms with E-state index in [0.717, 1.165) is 16.0 Å². The first-order valence-corrected chi connectivity index (χ1v) is 13.1. The van der Waals surface area contributed by atoms with Crippen molar-refractivity contribution >= 4 is 61.8 Å². The van der Waals surface area contributed by atoms with Gasteiger partial charge in [0.25, 0.3) is 5.91 Å². The van der Waals surface area contributed by atoms with Gasteiger partial charge in [-0.1, -0.05) is 23.7 Å². The van der Waals surface area contributed by atoms with Crippen molar-refractivity contribution in [3.05, 3.63) is 78.6 Å². The molecule has 3 aromatic rings. The maximum Gasteiger partial charge on any atom is 0.341 e. The van der Waals surface area contributed by atoms with Gasteiger partial charge in [0.05, 0.1) is 23.8 Å². The van der Waals surface area contributed by atoms with E-state index in [1.165, 1.54) is 24.5 Å². The van der Waals surface area contributed by atoms with Gasteiger partial charge in [-0.15, -0.1) is 11.3 Å². The van der Waals surface area contributed by atoms with Crippen molar-refractivity contribution in [3.63, 3.8) is 0 Å². The predicted molar refractivity (Wildman–Crippen MR) is 148 cm³/mol. The molecule has 7 nitrogen and oxygen atoms in total. The minimum atomic E-state index is -0.646. The summed E-state index contributed by atoms with van der Waals surface area (Å²) in [6, 6.07) is 12.6. The zero-order valence-corrected chi connectivity index (χ0v) is 23.8. The lowest BCUT2D eigenvalue weighted by Crippen LogP contribution is -2.16. The number of hydrogen-bond acceptors (Lipinski definition) is 7. The topological polar surface area (TPSA) is 97.7 Å². The van der Waals surface area contributed by atoms with Crippen molar-refractivity contribution in [2.24, 2.45) is 0 Å². The van der Waals surface area contributed by atoms with E-state index in [9.17, 15) is 14.9 Å². The van der Waals surface area contributed by atoms with Crippen LogP contribution in [0.5, 0.6) is 11.5 Å². The molecule has 1 N–H and O–H groups in total. The van der Waals surface area contributed by atoms with Crippen molar-refractivity contribution in [1.29, 1.82) is 5.26 Å². The summed E-state index contributed by atoms with van der Waals surface area (Å²) in [5.41, 5.74) is 2.33. The minimum Gasteiger partial charge on any atom is -0.493 e. The van der Waals surface area contributed by atoms with E-state index in [4.69, 9.17) is 25.8 Å². The maximum atomic E-state index is 13.0. The molecule has 0 aliphatic rings. The van der Waals surface area contributed by atoms with Crippen molar-refractivity contribution in [3.8, 4) is 17.6 Å². The molecule has 3 rings (SSSR count). The number of ether oxygens (including phenoxy) is 3. The van der Waals surface area contributed by atoms with Gasteiger partial charge in [0.1, 0.15) is 23.3 Å². The zero-order valence-electron chi connectivity index (χ0n) is 20.6. The maximum absolute atomic E-state index is 13.0. The highest BCUT2D eigenvalue weighted by molar-refractivity contribution is 9.10. The Morgan fingerprint density at radius 2 is 1.92 bits per heavy atom. The van der Waals surface area contributed by atoms with Gasteiger partial charge in [-0.3, -0.25) is 4.79 Å². The van der Waals surface area contributed by atoms with Crippen LogP contribution in [0.25, 0.3) is 6.08 Å². The Kier molecular flexibility index (Phi) is 9.75. The molecule has 0 unspecified atom stereocenters. The molecule has 0 atom stereocenters. The van der Waals surface area contributed by atoms with Crippen molar-refractivity contribution in [1.82, 2.24) is 0 Å². The van der Waals surface area contributed by atoms with Gasteiger partial charge in [0.2, 0.25) is 0 Å². The lowest BCUT2D eigenvalue weighted by molar-refractivity contribution is -0.112. The first-order chi connectivity index (χ1) is 17.7. The SMILES string of the molecule is CCOC(=O)c1c(NC(=O)/C(C#N)=C/c2cc(Br)c(OCc3ccc(Cl)cc3)c(OC)c2)sc(C)c1C. The second-order valence-electron chi connectivity index (χ2n) is 7.78. The van der Waals surface area contributed by atoms with Gasteiger partial charge in [-0.2, -0.15) is 5.26 Å². The summed E-state index contributed by atoms with van der Waals surface area (Å²) in [6.07, 6.45) is 1.43. The highest BCUT2D eigenvalue weighted by Gasteiger charge is 2.23. The monoisotopic (exact) mass is 602 g/mol. The van der Waals surface area contributed by atoms with E-state index >= 15 is 0 Å². The number of esters is 1. The molecule has 1 amide bonds. The third-order valence-electron chi connectivity index (χ3n) is 5.32. The average molecular weight is 604 g/mol. The molecule has 0 bridgehead atoms. The van der Waals surface area contributed by atoms with Crippen LogP contribution in [0.15, 0.2) is 46.4 Å². The second kappa shape index (κ2) is 12.8. The summed E-state index contributed by atoms with van der Waals surface area (Å²) in [5.74, 6) is -0.278. The standard InChI is InChI=1S/C27H24BrClN2O5S/c1-5-35-27(33)23-15(2)16(3)37-26(23)31-25(32)19(13-30)10-18-11-21(28)24(22(12-18)34-4)36-14-17-6-8-20(29)9-7-17/h6-12H,5,14H2,1-4H3,(H,31,32)/b19-10+. The lowest BCUT2D eigenvalue weighted by atomic mass is 10.1. The van der Waals surface area contributed by atoms with Gasteiger partial charge >= 0.3 is 5.97 Å². The molecule has 0 saturated heterocycles. The fourth-order valence-electron chi connectivity index (χ4n) is 3.35. The van der Waals surface area contributed by atoms with Crippen molar-refractivity contribution in [2.75, 3.05) is 19.0 Å². The molecule has 1 aromatic heterocycles. The summed E-state index contributed by atoms with van der Waals surface area (Å²) in [4.78, 5) is 26.3. The Morgan fingerprint density at radius 1 is 1.22 bits per heavy atom. The van der Waals surface area contributed by atoms with E-state index in [-0.39, 0.29) is 18.8 Å². The van der Waals surface area contributed by atoms with Gasteiger partial charge in [-0.25, -0.2) is 4.79 Å². The number of methoxy groups -OCH3 is 1. The molecule has 10 heteroatoms. The highest BCUT2D eigenvalue weighted by Crippen LogP contribution is 2.38. The number of aryl methyl sites for hydroxylation is 1. The first kappa shape index (κ1) is 28.3. The van der Waals surface area contributed by atoms with Gasteiger partial charge in [-0.05, 0) is 83.7 Å². The molecule has 0 aliphatic heterocycles. The molecule has 0 saturated carbocycles. The number of nitrogens with one attached hydrogen (secondary N) is 1. The number of anilines is 1. The van der Waals surface area contributed by atoms with Crippen LogP contribution in [0, 0.1) is 25.2 Å². The Morgan fingerprint density at radius 3 is 2.54 bits per heavy atom.